The van der Waals surface area contributed by atoms with Crippen LogP contribution < -0.4 is 10.1 Å². The molecule has 0 aliphatic carbocycles. The second-order valence-corrected chi connectivity index (χ2v) is 7.35. The molecule has 2 N–H and O–H groups in total. The molecule has 1 aromatic heterocycles. The van der Waals surface area contributed by atoms with E-state index in [2.05, 4.69) is 54.6 Å². The number of rotatable bonds is 8. The molecule has 142 valence electrons. The van der Waals surface area contributed by atoms with Crippen molar-refractivity contribution < 1.29 is 9.53 Å². The quantitative estimate of drug-likeness (QED) is 0.600. The minimum absolute atomic E-state index is 0.0788. The SMILES string of the molecule is COc1ccc(C(CNC(=O)CCC(C)C)c2c[nH]c3ccccc23)cc1. The number of carbonyl (C=O) groups excluding carboxylic acids is 1. The molecule has 1 unspecified atom stereocenters. The Morgan fingerprint density at radius 1 is 1.11 bits per heavy atom. The molecule has 3 aromatic rings. The minimum Gasteiger partial charge on any atom is -0.497 e. The summed E-state index contributed by atoms with van der Waals surface area (Å²) >= 11 is 0. The largest absolute Gasteiger partial charge is 0.497 e. The number of nitrogens with one attached hydrogen (secondary N) is 2. The number of hydrogen-bond acceptors (Lipinski definition) is 2. The predicted molar refractivity (Wildman–Crippen MR) is 110 cm³/mol. The molecular formula is C23H28N2O2. The average Bonchev–Trinajstić information content (AvgIpc) is 3.11. The van der Waals surface area contributed by atoms with Crippen LogP contribution >= 0.6 is 0 Å². The van der Waals surface area contributed by atoms with Crippen LogP contribution in [-0.4, -0.2) is 24.5 Å². The highest BCUT2D eigenvalue weighted by atomic mass is 16.5. The number of H-pyrrole nitrogens is 1. The van der Waals surface area contributed by atoms with Crippen LogP contribution in [0.3, 0.4) is 0 Å². The van der Waals surface area contributed by atoms with Gasteiger partial charge in [-0.3, -0.25) is 4.79 Å². The third-order valence-electron chi connectivity index (χ3n) is 4.97. The van der Waals surface area contributed by atoms with Gasteiger partial charge in [-0.2, -0.15) is 0 Å². The van der Waals surface area contributed by atoms with Crippen LogP contribution in [0.5, 0.6) is 5.75 Å². The monoisotopic (exact) mass is 364 g/mol. The van der Waals surface area contributed by atoms with Gasteiger partial charge in [-0.1, -0.05) is 44.2 Å². The minimum atomic E-state index is 0.0788. The van der Waals surface area contributed by atoms with Gasteiger partial charge in [0.2, 0.25) is 5.91 Å². The maximum absolute atomic E-state index is 12.3. The smallest absolute Gasteiger partial charge is 0.220 e. The number of fused-ring (bicyclic) bond motifs is 1. The van der Waals surface area contributed by atoms with Crippen molar-refractivity contribution in [2.75, 3.05) is 13.7 Å². The molecule has 27 heavy (non-hydrogen) atoms. The molecule has 0 radical (unpaired) electrons. The molecule has 0 spiro atoms. The number of hydrogen-bond donors (Lipinski definition) is 2. The summed E-state index contributed by atoms with van der Waals surface area (Å²) in [4.78, 5) is 15.6. The van der Waals surface area contributed by atoms with E-state index >= 15 is 0 Å². The Morgan fingerprint density at radius 3 is 2.56 bits per heavy atom. The van der Waals surface area contributed by atoms with Crippen LogP contribution in [0.4, 0.5) is 0 Å². The number of aromatic amines is 1. The Kier molecular flexibility index (Phi) is 6.17. The normalized spacial score (nSPS) is 12.3. The molecule has 2 aromatic carbocycles. The topological polar surface area (TPSA) is 54.1 Å². The summed E-state index contributed by atoms with van der Waals surface area (Å²) in [5.74, 6) is 1.55. The number of benzene rings is 2. The zero-order valence-electron chi connectivity index (χ0n) is 16.3. The molecule has 0 fully saturated rings. The van der Waals surface area contributed by atoms with E-state index < -0.39 is 0 Å². The van der Waals surface area contributed by atoms with E-state index in [9.17, 15) is 4.79 Å². The van der Waals surface area contributed by atoms with Gasteiger partial charge in [0.05, 0.1) is 7.11 Å². The van der Waals surface area contributed by atoms with Crippen LogP contribution in [0, 0.1) is 5.92 Å². The third-order valence-corrected chi connectivity index (χ3v) is 4.97. The van der Waals surface area contributed by atoms with Crippen LogP contribution in [-0.2, 0) is 4.79 Å². The first kappa shape index (κ1) is 19.0. The summed E-state index contributed by atoms with van der Waals surface area (Å²) in [6, 6.07) is 16.4. The molecule has 0 saturated carbocycles. The van der Waals surface area contributed by atoms with E-state index in [1.54, 1.807) is 7.11 Å². The molecule has 1 heterocycles. The van der Waals surface area contributed by atoms with E-state index in [1.807, 2.05) is 24.3 Å². The Bertz CT molecular complexity index is 881. The molecule has 0 saturated heterocycles. The van der Waals surface area contributed by atoms with E-state index in [0.717, 1.165) is 23.3 Å². The Labute approximate surface area is 160 Å². The van der Waals surface area contributed by atoms with E-state index in [4.69, 9.17) is 4.74 Å². The fraction of sp³-hybridized carbons (Fsp3) is 0.348. The van der Waals surface area contributed by atoms with Crippen LogP contribution in [0.25, 0.3) is 10.9 Å². The van der Waals surface area contributed by atoms with Crippen molar-refractivity contribution in [3.63, 3.8) is 0 Å². The highest BCUT2D eigenvalue weighted by molar-refractivity contribution is 5.84. The fourth-order valence-electron chi connectivity index (χ4n) is 3.35. The summed E-state index contributed by atoms with van der Waals surface area (Å²) in [7, 11) is 1.67. The molecule has 4 heteroatoms. The highest BCUT2D eigenvalue weighted by Crippen LogP contribution is 2.31. The van der Waals surface area contributed by atoms with E-state index in [0.29, 0.717) is 18.9 Å². The first-order valence-electron chi connectivity index (χ1n) is 9.55. The number of carbonyl (C=O) groups is 1. The number of aromatic nitrogens is 1. The van der Waals surface area contributed by atoms with E-state index in [1.165, 1.54) is 10.9 Å². The molecule has 0 bridgehead atoms. The fourth-order valence-corrected chi connectivity index (χ4v) is 3.35. The highest BCUT2D eigenvalue weighted by Gasteiger charge is 2.19. The number of ether oxygens (including phenoxy) is 1. The van der Waals surface area contributed by atoms with Gasteiger partial charge in [-0.25, -0.2) is 0 Å². The van der Waals surface area contributed by atoms with Crippen LogP contribution in [0.15, 0.2) is 54.7 Å². The Balaban J connectivity index is 1.85. The standard InChI is InChI=1S/C23H28N2O2/c1-16(2)8-13-23(26)25-14-20(17-9-11-18(27-3)12-10-17)21-15-24-22-7-5-4-6-19(21)22/h4-7,9-12,15-16,20,24H,8,13-14H2,1-3H3,(H,25,26). The van der Waals surface area contributed by atoms with Gasteiger partial charge in [0.25, 0.3) is 0 Å². The maximum Gasteiger partial charge on any atom is 0.220 e. The van der Waals surface area contributed by atoms with Crippen molar-refractivity contribution >= 4 is 16.8 Å². The van der Waals surface area contributed by atoms with Gasteiger partial charge in [-0.05, 0) is 41.7 Å². The number of amides is 1. The lowest BCUT2D eigenvalue weighted by Gasteiger charge is -2.19. The lowest BCUT2D eigenvalue weighted by molar-refractivity contribution is -0.121. The maximum atomic E-state index is 12.3. The summed E-state index contributed by atoms with van der Waals surface area (Å²) in [5.41, 5.74) is 3.46. The Morgan fingerprint density at radius 2 is 1.85 bits per heavy atom. The Hall–Kier alpha value is -2.75. The molecule has 1 atom stereocenters. The third kappa shape index (κ3) is 4.70. The van der Waals surface area contributed by atoms with Crippen molar-refractivity contribution in [1.29, 1.82) is 0 Å². The first-order chi connectivity index (χ1) is 13.1. The molecule has 1 amide bonds. The summed E-state index contributed by atoms with van der Waals surface area (Å²) < 4.78 is 5.29. The van der Waals surface area contributed by atoms with Crippen LogP contribution in [0.2, 0.25) is 0 Å². The lowest BCUT2D eigenvalue weighted by Crippen LogP contribution is -2.28. The predicted octanol–water partition coefficient (Wildman–Crippen LogP) is 4.86. The number of methoxy groups -OCH3 is 1. The summed E-state index contributed by atoms with van der Waals surface area (Å²) in [6.45, 7) is 4.85. The zero-order chi connectivity index (χ0) is 19.2. The second kappa shape index (κ2) is 8.76. The van der Waals surface area contributed by atoms with Crippen molar-refractivity contribution in [3.05, 3.63) is 65.9 Å². The van der Waals surface area contributed by atoms with Gasteiger partial charge in [0, 0.05) is 36.0 Å². The van der Waals surface area contributed by atoms with Gasteiger partial charge in [0.1, 0.15) is 5.75 Å². The van der Waals surface area contributed by atoms with Gasteiger partial charge in [-0.15, -0.1) is 0 Å². The van der Waals surface area contributed by atoms with Gasteiger partial charge < -0.3 is 15.0 Å². The molecular weight excluding hydrogens is 336 g/mol. The van der Waals surface area contributed by atoms with Crippen molar-refractivity contribution in [3.8, 4) is 5.75 Å². The van der Waals surface area contributed by atoms with Crippen molar-refractivity contribution in [2.24, 2.45) is 5.92 Å². The van der Waals surface area contributed by atoms with Crippen molar-refractivity contribution in [2.45, 2.75) is 32.6 Å². The summed E-state index contributed by atoms with van der Waals surface area (Å²) in [6.07, 6.45) is 3.53. The van der Waals surface area contributed by atoms with E-state index in [-0.39, 0.29) is 11.8 Å². The van der Waals surface area contributed by atoms with Gasteiger partial charge >= 0.3 is 0 Å². The van der Waals surface area contributed by atoms with Gasteiger partial charge in [0.15, 0.2) is 0 Å². The molecule has 0 aliphatic heterocycles. The molecule has 3 rings (SSSR count). The number of para-hydroxylation sites is 1. The molecule has 0 aliphatic rings. The van der Waals surface area contributed by atoms with Crippen molar-refractivity contribution in [1.82, 2.24) is 10.3 Å². The lowest BCUT2D eigenvalue weighted by atomic mass is 9.90. The second-order valence-electron chi connectivity index (χ2n) is 7.35. The first-order valence-corrected chi connectivity index (χ1v) is 9.55. The molecule has 4 nitrogen and oxygen atoms in total. The van der Waals surface area contributed by atoms with Crippen LogP contribution in [0.1, 0.15) is 43.7 Å². The summed E-state index contributed by atoms with van der Waals surface area (Å²) in [5, 5.41) is 4.32. The zero-order valence-corrected chi connectivity index (χ0v) is 16.3. The average molecular weight is 364 g/mol.